The normalized spacial score (nSPS) is 20.6. The van der Waals surface area contributed by atoms with Gasteiger partial charge in [-0.05, 0) is 18.8 Å². The van der Waals surface area contributed by atoms with Crippen LogP contribution < -0.4 is 0 Å². The standard InChI is InChI=1S/C10H18O5S/c1-3-9(11)10(15-16(2,12)13)8-4-6-14-7-5-8/h8,10H,3-7H2,1-2H3. The van der Waals surface area contributed by atoms with Crippen LogP contribution in [0.3, 0.4) is 0 Å². The fourth-order valence-electron chi connectivity index (χ4n) is 1.80. The van der Waals surface area contributed by atoms with Gasteiger partial charge in [0.25, 0.3) is 10.1 Å². The minimum absolute atomic E-state index is 0.0454. The third kappa shape index (κ3) is 4.19. The summed E-state index contributed by atoms with van der Waals surface area (Å²) in [6.07, 6.45) is 1.78. The van der Waals surface area contributed by atoms with E-state index >= 15 is 0 Å². The van der Waals surface area contributed by atoms with E-state index in [0.717, 1.165) is 6.26 Å². The molecular formula is C10H18O5S. The molecule has 1 rings (SSSR count). The maximum Gasteiger partial charge on any atom is 0.265 e. The van der Waals surface area contributed by atoms with Crippen LogP contribution in [0.25, 0.3) is 0 Å². The molecule has 1 fully saturated rings. The fourth-order valence-corrected chi connectivity index (χ4v) is 2.44. The topological polar surface area (TPSA) is 69.7 Å². The second-order valence-corrected chi connectivity index (χ2v) is 5.59. The van der Waals surface area contributed by atoms with Crippen molar-refractivity contribution < 1.29 is 22.1 Å². The fraction of sp³-hybridized carbons (Fsp3) is 0.900. The molecule has 0 aromatic rings. The maximum absolute atomic E-state index is 11.7. The van der Waals surface area contributed by atoms with Crippen molar-refractivity contribution >= 4 is 15.9 Å². The lowest BCUT2D eigenvalue weighted by molar-refractivity contribution is -0.129. The molecule has 1 atom stereocenters. The van der Waals surface area contributed by atoms with Gasteiger partial charge < -0.3 is 4.74 Å². The lowest BCUT2D eigenvalue weighted by atomic mass is 9.91. The molecule has 1 aliphatic rings. The quantitative estimate of drug-likeness (QED) is 0.673. The minimum atomic E-state index is -3.59. The van der Waals surface area contributed by atoms with Crippen LogP contribution in [0.4, 0.5) is 0 Å². The van der Waals surface area contributed by atoms with E-state index in [1.54, 1.807) is 6.92 Å². The molecule has 0 aliphatic carbocycles. The number of hydrogen-bond donors (Lipinski definition) is 0. The van der Waals surface area contributed by atoms with Gasteiger partial charge in [-0.15, -0.1) is 0 Å². The first-order valence-electron chi connectivity index (χ1n) is 5.42. The number of ether oxygens (including phenoxy) is 1. The van der Waals surface area contributed by atoms with Gasteiger partial charge in [0.05, 0.1) is 6.26 Å². The summed E-state index contributed by atoms with van der Waals surface area (Å²) in [5, 5.41) is 0. The predicted molar refractivity (Wildman–Crippen MR) is 58.6 cm³/mol. The Morgan fingerprint density at radius 2 is 2.00 bits per heavy atom. The molecule has 6 heteroatoms. The summed E-state index contributed by atoms with van der Waals surface area (Å²) in [6.45, 7) is 2.83. The summed E-state index contributed by atoms with van der Waals surface area (Å²) in [5.41, 5.74) is 0. The number of carbonyl (C=O) groups excluding carboxylic acids is 1. The van der Waals surface area contributed by atoms with Crippen LogP contribution in [0.1, 0.15) is 26.2 Å². The van der Waals surface area contributed by atoms with E-state index in [9.17, 15) is 13.2 Å². The van der Waals surface area contributed by atoms with Crippen LogP contribution >= 0.6 is 0 Å². The van der Waals surface area contributed by atoms with Crippen LogP contribution in [0, 0.1) is 5.92 Å². The van der Waals surface area contributed by atoms with E-state index in [-0.39, 0.29) is 18.1 Å². The number of hydrogen-bond acceptors (Lipinski definition) is 5. The van der Waals surface area contributed by atoms with Gasteiger partial charge in [0.1, 0.15) is 6.10 Å². The van der Waals surface area contributed by atoms with Gasteiger partial charge in [-0.2, -0.15) is 8.42 Å². The molecule has 0 N–H and O–H groups in total. The molecule has 0 aromatic heterocycles. The van der Waals surface area contributed by atoms with Gasteiger partial charge in [0.15, 0.2) is 5.78 Å². The molecule has 0 saturated carbocycles. The minimum Gasteiger partial charge on any atom is -0.381 e. The second-order valence-electron chi connectivity index (χ2n) is 3.99. The molecule has 1 aliphatic heterocycles. The van der Waals surface area contributed by atoms with Crippen molar-refractivity contribution in [1.82, 2.24) is 0 Å². The number of carbonyl (C=O) groups is 1. The van der Waals surface area contributed by atoms with Crippen molar-refractivity contribution in [2.24, 2.45) is 5.92 Å². The Hall–Kier alpha value is -0.460. The Bertz CT molecular complexity index is 329. The largest absolute Gasteiger partial charge is 0.381 e. The molecule has 0 bridgehead atoms. The Balaban J connectivity index is 2.73. The summed E-state index contributed by atoms with van der Waals surface area (Å²) in [5.74, 6) is -0.201. The molecule has 1 saturated heterocycles. The van der Waals surface area contributed by atoms with Crippen molar-refractivity contribution in [2.45, 2.75) is 32.3 Å². The molecular weight excluding hydrogens is 232 g/mol. The summed E-state index contributed by atoms with van der Waals surface area (Å²) in [7, 11) is -3.59. The van der Waals surface area contributed by atoms with Gasteiger partial charge in [-0.1, -0.05) is 6.92 Å². The Morgan fingerprint density at radius 1 is 1.44 bits per heavy atom. The zero-order valence-corrected chi connectivity index (χ0v) is 10.5. The Labute approximate surface area is 96.2 Å². The van der Waals surface area contributed by atoms with E-state index in [2.05, 4.69) is 0 Å². The third-order valence-corrected chi connectivity index (χ3v) is 3.20. The van der Waals surface area contributed by atoms with Gasteiger partial charge in [-0.25, -0.2) is 0 Å². The maximum atomic E-state index is 11.7. The first-order valence-corrected chi connectivity index (χ1v) is 7.24. The van der Waals surface area contributed by atoms with Gasteiger partial charge in [-0.3, -0.25) is 8.98 Å². The van der Waals surface area contributed by atoms with Crippen molar-refractivity contribution in [1.29, 1.82) is 0 Å². The smallest absolute Gasteiger partial charge is 0.265 e. The van der Waals surface area contributed by atoms with Crippen molar-refractivity contribution in [2.75, 3.05) is 19.5 Å². The molecule has 0 aromatic carbocycles. The van der Waals surface area contributed by atoms with E-state index in [0.29, 0.717) is 26.1 Å². The number of Topliss-reactive ketones (excluding diaryl/α,β-unsaturated/α-hetero) is 1. The van der Waals surface area contributed by atoms with Crippen molar-refractivity contribution in [3.8, 4) is 0 Å². The monoisotopic (exact) mass is 250 g/mol. The molecule has 5 nitrogen and oxygen atoms in total. The second kappa shape index (κ2) is 5.75. The van der Waals surface area contributed by atoms with Crippen molar-refractivity contribution in [3.05, 3.63) is 0 Å². The average Bonchev–Trinajstić information content (AvgIpc) is 2.25. The van der Waals surface area contributed by atoms with Crippen LogP contribution in [0.15, 0.2) is 0 Å². The van der Waals surface area contributed by atoms with E-state index < -0.39 is 16.2 Å². The molecule has 16 heavy (non-hydrogen) atoms. The lowest BCUT2D eigenvalue weighted by Crippen LogP contribution is -2.37. The highest BCUT2D eigenvalue weighted by molar-refractivity contribution is 7.86. The first-order chi connectivity index (χ1) is 7.44. The third-order valence-electron chi connectivity index (χ3n) is 2.64. The van der Waals surface area contributed by atoms with Gasteiger partial charge in [0, 0.05) is 19.6 Å². The summed E-state index contributed by atoms with van der Waals surface area (Å²) in [4.78, 5) is 11.7. The zero-order chi connectivity index (χ0) is 12.2. The molecule has 1 heterocycles. The van der Waals surface area contributed by atoms with E-state index in [1.165, 1.54) is 0 Å². The molecule has 0 radical (unpaired) electrons. The Morgan fingerprint density at radius 3 is 2.44 bits per heavy atom. The highest BCUT2D eigenvalue weighted by Crippen LogP contribution is 2.23. The number of rotatable bonds is 5. The van der Waals surface area contributed by atoms with E-state index in [4.69, 9.17) is 8.92 Å². The van der Waals surface area contributed by atoms with Gasteiger partial charge >= 0.3 is 0 Å². The molecule has 1 unspecified atom stereocenters. The Kier molecular flexibility index (Phi) is 4.89. The average molecular weight is 250 g/mol. The highest BCUT2D eigenvalue weighted by Gasteiger charge is 2.32. The first kappa shape index (κ1) is 13.6. The van der Waals surface area contributed by atoms with Crippen LogP contribution in [0.2, 0.25) is 0 Å². The van der Waals surface area contributed by atoms with Crippen molar-refractivity contribution in [3.63, 3.8) is 0 Å². The molecule has 0 amide bonds. The zero-order valence-electron chi connectivity index (χ0n) is 9.64. The number of ketones is 1. The van der Waals surface area contributed by atoms with E-state index in [1.807, 2.05) is 0 Å². The summed E-state index contributed by atoms with van der Waals surface area (Å²) < 4.78 is 32.3. The summed E-state index contributed by atoms with van der Waals surface area (Å²) in [6, 6.07) is 0. The molecule has 94 valence electrons. The predicted octanol–water partition coefficient (Wildman–Crippen LogP) is 0.737. The lowest BCUT2D eigenvalue weighted by Gasteiger charge is -2.28. The van der Waals surface area contributed by atoms with Crippen LogP contribution in [-0.2, 0) is 23.8 Å². The molecule has 0 spiro atoms. The van der Waals surface area contributed by atoms with Crippen LogP contribution in [0.5, 0.6) is 0 Å². The summed E-state index contributed by atoms with van der Waals surface area (Å²) >= 11 is 0. The van der Waals surface area contributed by atoms with Gasteiger partial charge in [0.2, 0.25) is 0 Å². The SMILES string of the molecule is CCC(=O)C(OS(C)(=O)=O)C1CCOCC1. The van der Waals surface area contributed by atoms with Crippen LogP contribution in [-0.4, -0.2) is 39.8 Å². The highest BCUT2D eigenvalue weighted by atomic mass is 32.2.